The van der Waals surface area contributed by atoms with Gasteiger partial charge < -0.3 is 5.32 Å². The van der Waals surface area contributed by atoms with E-state index in [0.29, 0.717) is 17.4 Å². The van der Waals surface area contributed by atoms with Crippen LogP contribution in [0.5, 0.6) is 0 Å². The largest absolute Gasteiger partial charge is 0.348 e. The monoisotopic (exact) mass is 285 g/mol. The second-order valence-corrected chi connectivity index (χ2v) is 5.57. The van der Waals surface area contributed by atoms with Gasteiger partial charge in [0.25, 0.3) is 5.91 Å². The van der Waals surface area contributed by atoms with Gasteiger partial charge in [0.05, 0.1) is 0 Å². The van der Waals surface area contributed by atoms with Gasteiger partial charge in [0, 0.05) is 18.4 Å². The first-order chi connectivity index (χ1) is 10.2. The Labute approximate surface area is 123 Å². The van der Waals surface area contributed by atoms with E-state index in [-0.39, 0.29) is 11.9 Å². The van der Waals surface area contributed by atoms with E-state index in [9.17, 15) is 4.79 Å². The predicted molar refractivity (Wildman–Crippen MR) is 78.0 cm³/mol. The maximum Gasteiger partial charge on any atom is 0.272 e. The number of rotatable bonds is 3. The van der Waals surface area contributed by atoms with Crippen molar-refractivity contribution >= 4 is 5.91 Å². The lowest BCUT2D eigenvalue weighted by Crippen LogP contribution is -2.41. The van der Waals surface area contributed by atoms with Crippen LogP contribution in [0.3, 0.4) is 0 Å². The van der Waals surface area contributed by atoms with Crippen molar-refractivity contribution in [2.45, 2.75) is 38.6 Å². The molecule has 6 heteroatoms. The van der Waals surface area contributed by atoms with Crippen molar-refractivity contribution in [1.82, 2.24) is 25.3 Å². The van der Waals surface area contributed by atoms with Crippen LogP contribution >= 0.6 is 0 Å². The van der Waals surface area contributed by atoms with Crippen molar-refractivity contribution < 1.29 is 4.79 Å². The molecule has 2 aromatic rings. The summed E-state index contributed by atoms with van der Waals surface area (Å²) in [6, 6.07) is 5.50. The number of amides is 1. The Morgan fingerprint density at radius 3 is 2.81 bits per heavy atom. The molecule has 1 fully saturated rings. The van der Waals surface area contributed by atoms with Crippen LogP contribution in [0.1, 0.15) is 43.1 Å². The minimum absolute atomic E-state index is 0.145. The van der Waals surface area contributed by atoms with Gasteiger partial charge in [-0.25, -0.2) is 4.68 Å². The average Bonchev–Trinajstić information content (AvgIpc) is 3.04. The molecule has 1 N–H and O–H groups in total. The van der Waals surface area contributed by atoms with E-state index < -0.39 is 0 Å². The molecule has 0 bridgehead atoms. The average molecular weight is 285 g/mol. The fourth-order valence-corrected chi connectivity index (χ4v) is 2.75. The second kappa shape index (κ2) is 6.03. The van der Waals surface area contributed by atoms with Gasteiger partial charge in [-0.1, -0.05) is 19.8 Å². The van der Waals surface area contributed by atoms with Crippen LogP contribution in [0.4, 0.5) is 0 Å². The highest BCUT2D eigenvalue weighted by Crippen LogP contribution is 2.23. The Morgan fingerprint density at radius 1 is 1.29 bits per heavy atom. The highest BCUT2D eigenvalue weighted by molar-refractivity contribution is 5.92. The molecule has 3 rings (SSSR count). The van der Waals surface area contributed by atoms with E-state index in [4.69, 9.17) is 0 Å². The molecule has 1 saturated carbocycles. The van der Waals surface area contributed by atoms with Gasteiger partial charge in [0.2, 0.25) is 0 Å². The lowest BCUT2D eigenvalue weighted by atomic mass is 9.86. The standard InChI is InChI=1S/C15H19N5O/c1-11-5-2-3-6-12(11)17-15(21)13-7-8-14(19-18-13)20-10-4-9-16-20/h4,7-12H,2-3,5-6H2,1H3,(H,17,21)/t11-,12+/m0/s1. The number of nitrogens with zero attached hydrogens (tertiary/aromatic N) is 4. The second-order valence-electron chi connectivity index (χ2n) is 5.57. The summed E-state index contributed by atoms with van der Waals surface area (Å²) in [7, 11) is 0. The summed E-state index contributed by atoms with van der Waals surface area (Å²) in [6.45, 7) is 2.19. The first-order valence-electron chi connectivity index (χ1n) is 7.38. The molecule has 0 saturated heterocycles. The number of nitrogens with one attached hydrogen (secondary N) is 1. The van der Waals surface area contributed by atoms with Crippen molar-refractivity contribution in [2.75, 3.05) is 0 Å². The summed E-state index contributed by atoms with van der Waals surface area (Å²) in [5.74, 6) is 0.981. The van der Waals surface area contributed by atoms with Crippen LogP contribution in [-0.2, 0) is 0 Å². The van der Waals surface area contributed by atoms with Crippen LogP contribution in [0.25, 0.3) is 5.82 Å². The molecule has 2 heterocycles. The quantitative estimate of drug-likeness (QED) is 0.935. The van der Waals surface area contributed by atoms with Crippen LogP contribution in [-0.4, -0.2) is 31.9 Å². The molecular weight excluding hydrogens is 266 g/mol. The number of carbonyl (C=O) groups is 1. The lowest BCUT2D eigenvalue weighted by Gasteiger charge is -2.29. The maximum atomic E-state index is 12.2. The normalized spacial score (nSPS) is 22.0. The topological polar surface area (TPSA) is 72.7 Å². The smallest absolute Gasteiger partial charge is 0.272 e. The van der Waals surface area contributed by atoms with E-state index >= 15 is 0 Å². The molecule has 0 aromatic carbocycles. The zero-order valence-electron chi connectivity index (χ0n) is 12.1. The predicted octanol–water partition coefficient (Wildman–Crippen LogP) is 1.97. The molecule has 1 amide bonds. The van der Waals surface area contributed by atoms with Crippen molar-refractivity contribution in [3.63, 3.8) is 0 Å². The van der Waals surface area contributed by atoms with Crippen molar-refractivity contribution in [3.8, 4) is 5.82 Å². The zero-order valence-corrected chi connectivity index (χ0v) is 12.1. The molecule has 2 atom stereocenters. The number of hydrogen-bond acceptors (Lipinski definition) is 4. The van der Waals surface area contributed by atoms with Gasteiger partial charge in [-0.15, -0.1) is 10.2 Å². The van der Waals surface area contributed by atoms with Gasteiger partial charge in [-0.2, -0.15) is 5.10 Å². The third-order valence-electron chi connectivity index (χ3n) is 4.05. The zero-order chi connectivity index (χ0) is 14.7. The first kappa shape index (κ1) is 13.7. The summed E-state index contributed by atoms with van der Waals surface area (Å²) < 4.78 is 1.61. The lowest BCUT2D eigenvalue weighted by molar-refractivity contribution is 0.0904. The molecule has 2 aromatic heterocycles. The fourth-order valence-electron chi connectivity index (χ4n) is 2.75. The summed E-state index contributed by atoms with van der Waals surface area (Å²) in [5.41, 5.74) is 0.351. The molecule has 110 valence electrons. The van der Waals surface area contributed by atoms with Crippen LogP contribution in [0.2, 0.25) is 0 Å². The molecule has 0 aliphatic heterocycles. The van der Waals surface area contributed by atoms with E-state index in [0.717, 1.165) is 6.42 Å². The molecule has 6 nitrogen and oxygen atoms in total. The first-order valence-corrected chi connectivity index (χ1v) is 7.38. The highest BCUT2D eigenvalue weighted by atomic mass is 16.2. The van der Waals surface area contributed by atoms with E-state index in [1.54, 1.807) is 29.2 Å². The minimum atomic E-state index is -0.145. The van der Waals surface area contributed by atoms with Gasteiger partial charge >= 0.3 is 0 Å². The molecular formula is C15H19N5O. The highest BCUT2D eigenvalue weighted by Gasteiger charge is 2.23. The molecule has 0 spiro atoms. The Bertz CT molecular complexity index is 593. The molecule has 0 radical (unpaired) electrons. The summed E-state index contributed by atoms with van der Waals surface area (Å²) in [6.07, 6.45) is 8.12. The summed E-state index contributed by atoms with van der Waals surface area (Å²) in [5, 5.41) is 15.2. The summed E-state index contributed by atoms with van der Waals surface area (Å²) in [4.78, 5) is 12.2. The third kappa shape index (κ3) is 3.09. The van der Waals surface area contributed by atoms with Gasteiger partial charge in [-0.05, 0) is 37.0 Å². The third-order valence-corrected chi connectivity index (χ3v) is 4.05. The van der Waals surface area contributed by atoms with Crippen LogP contribution in [0, 0.1) is 5.92 Å². The molecule has 21 heavy (non-hydrogen) atoms. The SMILES string of the molecule is C[C@H]1CCCC[C@H]1NC(=O)c1ccc(-n2cccn2)nn1. The minimum Gasteiger partial charge on any atom is -0.348 e. The molecule has 1 aliphatic rings. The maximum absolute atomic E-state index is 12.2. The van der Waals surface area contributed by atoms with Gasteiger partial charge in [0.1, 0.15) is 0 Å². The number of aromatic nitrogens is 4. The van der Waals surface area contributed by atoms with E-state index in [1.807, 2.05) is 6.07 Å². The Hall–Kier alpha value is -2.24. The molecule has 0 unspecified atom stereocenters. The number of carbonyl (C=O) groups excluding carboxylic acids is 1. The van der Waals surface area contributed by atoms with E-state index in [2.05, 4.69) is 27.5 Å². The Kier molecular flexibility index (Phi) is 3.94. The van der Waals surface area contributed by atoms with Gasteiger partial charge in [-0.3, -0.25) is 4.79 Å². The Balaban J connectivity index is 1.67. The summed E-state index contributed by atoms with van der Waals surface area (Å²) >= 11 is 0. The molecule has 1 aliphatic carbocycles. The van der Waals surface area contributed by atoms with Crippen LogP contribution < -0.4 is 5.32 Å². The van der Waals surface area contributed by atoms with Crippen LogP contribution in [0.15, 0.2) is 30.6 Å². The van der Waals surface area contributed by atoms with Crippen molar-refractivity contribution in [1.29, 1.82) is 0 Å². The van der Waals surface area contributed by atoms with Gasteiger partial charge in [0.15, 0.2) is 11.5 Å². The van der Waals surface area contributed by atoms with E-state index in [1.165, 1.54) is 19.3 Å². The number of hydrogen-bond donors (Lipinski definition) is 1. The Morgan fingerprint density at radius 2 is 2.14 bits per heavy atom. The van der Waals surface area contributed by atoms with Crippen molar-refractivity contribution in [2.24, 2.45) is 5.92 Å². The van der Waals surface area contributed by atoms with Crippen molar-refractivity contribution in [3.05, 3.63) is 36.3 Å². The fraction of sp³-hybridized carbons (Fsp3) is 0.467.